The molecule has 2 aromatic heterocycles. The Morgan fingerprint density at radius 3 is 1.30 bits per heavy atom. The van der Waals surface area contributed by atoms with Crippen LogP contribution in [0.1, 0.15) is 37.2 Å². The van der Waals surface area contributed by atoms with Crippen molar-refractivity contribution in [3.05, 3.63) is 163 Å². The zero-order valence-electron chi connectivity index (χ0n) is 27.7. The number of hydrogen-bond acceptors (Lipinski definition) is 3. The standard InChI is InChI=1S/C47H35NO2/c1-2-10-31(9-1)32-19-25-35(26-20-32)48(36-27-21-33(22-28-36)38-13-7-15-42-40-11-3-5-17-44(40)49-46(38)42)37-29-23-34(24-30-37)39-14-8-16-43-41-12-4-6-18-45(41)50-47(39)43/h3-8,11-31H,1-2,9-10H2. The van der Waals surface area contributed by atoms with E-state index in [0.29, 0.717) is 5.92 Å². The van der Waals surface area contributed by atoms with Gasteiger partial charge in [0, 0.05) is 49.7 Å². The van der Waals surface area contributed by atoms with Crippen molar-refractivity contribution in [3.63, 3.8) is 0 Å². The lowest BCUT2D eigenvalue weighted by Gasteiger charge is -2.26. The molecule has 1 fully saturated rings. The van der Waals surface area contributed by atoms with Crippen molar-refractivity contribution in [2.24, 2.45) is 0 Å². The topological polar surface area (TPSA) is 29.5 Å². The van der Waals surface area contributed by atoms with E-state index in [2.05, 4.69) is 138 Å². The van der Waals surface area contributed by atoms with Crippen LogP contribution in [-0.2, 0) is 0 Å². The maximum absolute atomic E-state index is 6.38. The molecule has 1 saturated carbocycles. The molecule has 7 aromatic carbocycles. The Balaban J connectivity index is 1.05. The smallest absolute Gasteiger partial charge is 0.143 e. The number of furan rings is 2. The molecule has 2 heterocycles. The number of para-hydroxylation sites is 4. The first-order valence-corrected chi connectivity index (χ1v) is 17.7. The third-order valence-corrected chi connectivity index (χ3v) is 10.7. The minimum absolute atomic E-state index is 0.679. The third-order valence-electron chi connectivity index (χ3n) is 10.7. The largest absolute Gasteiger partial charge is 0.455 e. The van der Waals surface area contributed by atoms with Gasteiger partial charge in [0.05, 0.1) is 0 Å². The second-order valence-electron chi connectivity index (χ2n) is 13.6. The second-order valence-corrected chi connectivity index (χ2v) is 13.6. The molecule has 0 radical (unpaired) electrons. The molecule has 0 amide bonds. The highest BCUT2D eigenvalue weighted by Gasteiger charge is 2.20. The molecule has 10 rings (SSSR count). The van der Waals surface area contributed by atoms with Gasteiger partial charge >= 0.3 is 0 Å². The molecule has 1 aliphatic carbocycles. The van der Waals surface area contributed by atoms with Gasteiger partial charge in [0.1, 0.15) is 22.3 Å². The minimum Gasteiger partial charge on any atom is -0.455 e. The minimum atomic E-state index is 0.679. The van der Waals surface area contributed by atoms with E-state index in [4.69, 9.17) is 8.83 Å². The van der Waals surface area contributed by atoms with Crippen LogP contribution in [0.5, 0.6) is 0 Å². The molecule has 0 aliphatic heterocycles. The molecular formula is C47H35NO2. The SMILES string of the molecule is c1ccc2c(c1)oc1c(-c3ccc(N(c4ccc(-c5cccc6c5oc5ccccc56)cc4)c4ccc(C5CCCC5)cc4)cc3)cccc12. The molecule has 0 unspecified atom stereocenters. The first-order valence-electron chi connectivity index (χ1n) is 17.7. The Labute approximate surface area is 291 Å². The van der Waals surface area contributed by atoms with Gasteiger partial charge in [-0.05, 0) is 84.0 Å². The Morgan fingerprint density at radius 2 is 0.820 bits per heavy atom. The maximum Gasteiger partial charge on any atom is 0.143 e. The molecule has 50 heavy (non-hydrogen) atoms. The summed E-state index contributed by atoms with van der Waals surface area (Å²) in [7, 11) is 0. The van der Waals surface area contributed by atoms with E-state index in [9.17, 15) is 0 Å². The van der Waals surface area contributed by atoms with Gasteiger partial charge in [-0.2, -0.15) is 0 Å². The number of rotatable bonds is 6. The van der Waals surface area contributed by atoms with Gasteiger partial charge in [-0.15, -0.1) is 0 Å². The van der Waals surface area contributed by atoms with Crippen molar-refractivity contribution in [1.82, 2.24) is 0 Å². The molecule has 0 saturated heterocycles. The van der Waals surface area contributed by atoms with Crippen LogP contribution in [-0.4, -0.2) is 0 Å². The first kappa shape index (κ1) is 28.9. The molecule has 240 valence electrons. The fourth-order valence-corrected chi connectivity index (χ4v) is 8.13. The van der Waals surface area contributed by atoms with Gasteiger partial charge in [0.15, 0.2) is 0 Å². The van der Waals surface area contributed by atoms with E-state index in [-0.39, 0.29) is 0 Å². The molecule has 0 bridgehead atoms. The number of nitrogens with zero attached hydrogens (tertiary/aromatic N) is 1. The molecule has 1 aliphatic rings. The fraction of sp³-hybridized carbons (Fsp3) is 0.106. The van der Waals surface area contributed by atoms with Crippen molar-refractivity contribution in [2.45, 2.75) is 31.6 Å². The highest BCUT2D eigenvalue weighted by molar-refractivity contribution is 6.10. The van der Waals surface area contributed by atoms with Crippen molar-refractivity contribution in [1.29, 1.82) is 0 Å². The van der Waals surface area contributed by atoms with Crippen LogP contribution in [0.3, 0.4) is 0 Å². The van der Waals surface area contributed by atoms with Crippen LogP contribution < -0.4 is 4.90 Å². The summed E-state index contributed by atoms with van der Waals surface area (Å²) in [6, 6.07) is 56.4. The summed E-state index contributed by atoms with van der Waals surface area (Å²) < 4.78 is 12.8. The average Bonchev–Trinajstić information content (AvgIpc) is 3.94. The van der Waals surface area contributed by atoms with E-state index in [1.807, 2.05) is 24.3 Å². The number of hydrogen-bond donors (Lipinski definition) is 0. The average molecular weight is 646 g/mol. The Morgan fingerprint density at radius 1 is 0.400 bits per heavy atom. The summed E-state index contributed by atoms with van der Waals surface area (Å²) in [4.78, 5) is 2.36. The highest BCUT2D eigenvalue weighted by atomic mass is 16.3. The molecule has 0 N–H and O–H groups in total. The van der Waals surface area contributed by atoms with E-state index >= 15 is 0 Å². The van der Waals surface area contributed by atoms with Crippen molar-refractivity contribution >= 4 is 60.9 Å². The Hall–Kier alpha value is -6.06. The van der Waals surface area contributed by atoms with Gasteiger partial charge in [-0.1, -0.05) is 122 Å². The summed E-state index contributed by atoms with van der Waals surface area (Å²) in [5.74, 6) is 0.679. The van der Waals surface area contributed by atoms with Gasteiger partial charge in [-0.25, -0.2) is 0 Å². The van der Waals surface area contributed by atoms with Crippen LogP contribution in [0.25, 0.3) is 66.1 Å². The van der Waals surface area contributed by atoms with E-state index in [1.54, 1.807) is 0 Å². The fourth-order valence-electron chi connectivity index (χ4n) is 8.13. The molecule has 0 spiro atoms. The quantitative estimate of drug-likeness (QED) is 0.180. The number of anilines is 3. The lowest BCUT2D eigenvalue weighted by molar-refractivity contribution is 0.669. The second kappa shape index (κ2) is 11.8. The van der Waals surface area contributed by atoms with Gasteiger partial charge in [-0.3, -0.25) is 0 Å². The lowest BCUT2D eigenvalue weighted by Crippen LogP contribution is -2.10. The zero-order valence-corrected chi connectivity index (χ0v) is 27.7. The maximum atomic E-state index is 6.38. The molecule has 3 heteroatoms. The van der Waals surface area contributed by atoms with Crippen LogP contribution in [0, 0.1) is 0 Å². The molecule has 3 nitrogen and oxygen atoms in total. The van der Waals surface area contributed by atoms with Crippen LogP contribution in [0.4, 0.5) is 17.1 Å². The predicted molar refractivity (Wildman–Crippen MR) is 208 cm³/mol. The molecule has 0 atom stereocenters. The van der Waals surface area contributed by atoms with Crippen molar-refractivity contribution in [2.75, 3.05) is 4.90 Å². The summed E-state index contributed by atoms with van der Waals surface area (Å²) in [5.41, 5.74) is 12.9. The van der Waals surface area contributed by atoms with E-state index in [0.717, 1.165) is 83.2 Å². The van der Waals surface area contributed by atoms with E-state index in [1.165, 1.54) is 31.2 Å². The monoisotopic (exact) mass is 645 g/mol. The lowest BCUT2D eigenvalue weighted by atomic mass is 9.97. The van der Waals surface area contributed by atoms with Gasteiger partial charge in [0.2, 0.25) is 0 Å². The summed E-state index contributed by atoms with van der Waals surface area (Å²) in [6.07, 6.45) is 5.26. The van der Waals surface area contributed by atoms with E-state index < -0.39 is 0 Å². The first-order chi connectivity index (χ1) is 24.8. The van der Waals surface area contributed by atoms with Crippen molar-refractivity contribution < 1.29 is 8.83 Å². The molecular weight excluding hydrogens is 611 g/mol. The summed E-state index contributed by atoms with van der Waals surface area (Å²) >= 11 is 0. The third kappa shape index (κ3) is 4.81. The van der Waals surface area contributed by atoms with Crippen LogP contribution >= 0.6 is 0 Å². The highest BCUT2D eigenvalue weighted by Crippen LogP contribution is 2.42. The Kier molecular flexibility index (Phi) is 6.83. The van der Waals surface area contributed by atoms with Gasteiger partial charge < -0.3 is 13.7 Å². The van der Waals surface area contributed by atoms with Crippen LogP contribution in [0.15, 0.2) is 167 Å². The molecule has 9 aromatic rings. The normalized spacial score (nSPS) is 13.6. The van der Waals surface area contributed by atoms with Gasteiger partial charge in [0.25, 0.3) is 0 Å². The number of fused-ring (bicyclic) bond motifs is 6. The van der Waals surface area contributed by atoms with Crippen molar-refractivity contribution in [3.8, 4) is 22.3 Å². The summed E-state index contributed by atoms with van der Waals surface area (Å²) in [5, 5.41) is 4.58. The van der Waals surface area contributed by atoms with Crippen LogP contribution in [0.2, 0.25) is 0 Å². The Bertz CT molecular complexity index is 2480. The number of benzene rings is 7. The predicted octanol–water partition coefficient (Wildman–Crippen LogP) is 13.9. The zero-order chi connectivity index (χ0) is 33.0. The summed E-state index contributed by atoms with van der Waals surface area (Å²) in [6.45, 7) is 0.